The molecule has 5 nitrogen and oxygen atoms in total. The predicted octanol–water partition coefficient (Wildman–Crippen LogP) is -0.0207. The summed E-state index contributed by atoms with van der Waals surface area (Å²) in [6, 6.07) is 2.14. The van der Waals surface area contributed by atoms with Crippen molar-refractivity contribution < 1.29 is 9.59 Å². The molecular formula is C11H15N3O2. The first kappa shape index (κ1) is 10.9. The van der Waals surface area contributed by atoms with Crippen LogP contribution in [0.25, 0.3) is 0 Å². The van der Waals surface area contributed by atoms with Crippen LogP contribution in [0.2, 0.25) is 0 Å². The van der Waals surface area contributed by atoms with E-state index in [0.717, 1.165) is 6.42 Å². The van der Waals surface area contributed by atoms with Gasteiger partial charge >= 0.3 is 0 Å². The number of carbonyl (C=O) groups excluding carboxylic acids is 2. The van der Waals surface area contributed by atoms with Crippen molar-refractivity contribution in [3.63, 3.8) is 0 Å². The summed E-state index contributed by atoms with van der Waals surface area (Å²) in [5, 5.41) is 8.70. The fraction of sp³-hybridized carbons (Fsp3) is 0.727. The Morgan fingerprint density at radius 3 is 3.00 bits per heavy atom. The zero-order valence-corrected chi connectivity index (χ0v) is 9.35. The van der Waals surface area contributed by atoms with Crippen molar-refractivity contribution in [3.05, 3.63) is 0 Å². The molecule has 0 aromatic heterocycles. The minimum absolute atomic E-state index is 0.110. The highest BCUT2D eigenvalue weighted by molar-refractivity contribution is 5.82. The summed E-state index contributed by atoms with van der Waals surface area (Å²) in [4.78, 5) is 26.8. The molecule has 0 radical (unpaired) electrons. The molecule has 2 aliphatic heterocycles. The average molecular weight is 221 g/mol. The highest BCUT2D eigenvalue weighted by Crippen LogP contribution is 2.23. The molecule has 2 amide bonds. The smallest absolute Gasteiger partial charge is 0.239 e. The van der Waals surface area contributed by atoms with Gasteiger partial charge in [0.1, 0.15) is 5.92 Å². The average Bonchev–Trinajstić information content (AvgIpc) is 2.68. The molecule has 2 atom stereocenters. The van der Waals surface area contributed by atoms with Crippen LogP contribution in [-0.2, 0) is 9.59 Å². The highest BCUT2D eigenvalue weighted by atomic mass is 16.2. The number of carbonyl (C=O) groups is 2. The largest absolute Gasteiger partial charge is 0.338 e. The molecule has 0 bridgehead atoms. The molecule has 0 spiro atoms. The van der Waals surface area contributed by atoms with Gasteiger partial charge in [-0.2, -0.15) is 5.26 Å². The molecule has 16 heavy (non-hydrogen) atoms. The van der Waals surface area contributed by atoms with Gasteiger partial charge in [-0.05, 0) is 13.3 Å². The van der Waals surface area contributed by atoms with Gasteiger partial charge in [-0.1, -0.05) is 0 Å². The maximum atomic E-state index is 11.8. The summed E-state index contributed by atoms with van der Waals surface area (Å²) in [6.45, 7) is 3.39. The Bertz CT molecular complexity index is 361. The summed E-state index contributed by atoms with van der Waals surface area (Å²) in [5.74, 6) is -0.490. The third kappa shape index (κ3) is 1.75. The number of piperazine rings is 1. The Morgan fingerprint density at radius 2 is 2.31 bits per heavy atom. The zero-order valence-electron chi connectivity index (χ0n) is 9.35. The van der Waals surface area contributed by atoms with E-state index in [2.05, 4.69) is 0 Å². The van der Waals surface area contributed by atoms with Crippen LogP contribution in [-0.4, -0.2) is 47.3 Å². The van der Waals surface area contributed by atoms with Gasteiger partial charge in [-0.15, -0.1) is 0 Å². The SMILES string of the molecule is CC(C#N)C(=O)N1CCN2C(=O)CCC2C1. The molecule has 0 N–H and O–H groups in total. The molecule has 86 valence electrons. The van der Waals surface area contributed by atoms with Gasteiger partial charge in [0.2, 0.25) is 11.8 Å². The summed E-state index contributed by atoms with van der Waals surface area (Å²) in [7, 11) is 0. The summed E-state index contributed by atoms with van der Waals surface area (Å²) in [6.07, 6.45) is 1.43. The Kier molecular flexibility index (Phi) is 2.82. The standard InChI is InChI=1S/C11H15N3O2/c1-8(6-12)11(16)13-4-5-14-9(7-13)2-3-10(14)15/h8-9H,2-5,7H2,1H3. The Balaban J connectivity index is 2.00. The van der Waals surface area contributed by atoms with Crippen LogP contribution in [0.4, 0.5) is 0 Å². The van der Waals surface area contributed by atoms with Crippen LogP contribution in [0.15, 0.2) is 0 Å². The highest BCUT2D eigenvalue weighted by Gasteiger charge is 2.37. The third-order valence-corrected chi connectivity index (χ3v) is 3.37. The van der Waals surface area contributed by atoms with Crippen LogP contribution in [0, 0.1) is 17.2 Å². The van der Waals surface area contributed by atoms with Crippen molar-refractivity contribution in [2.45, 2.75) is 25.8 Å². The van der Waals surface area contributed by atoms with Crippen molar-refractivity contribution >= 4 is 11.8 Å². The molecule has 0 saturated carbocycles. The molecule has 2 unspecified atom stereocenters. The quantitative estimate of drug-likeness (QED) is 0.625. The molecule has 2 fully saturated rings. The number of hydrogen-bond donors (Lipinski definition) is 0. The summed E-state index contributed by atoms with van der Waals surface area (Å²) in [5.41, 5.74) is 0. The third-order valence-electron chi connectivity index (χ3n) is 3.37. The lowest BCUT2D eigenvalue weighted by Crippen LogP contribution is -2.54. The number of nitrogens with zero attached hydrogens (tertiary/aromatic N) is 3. The Morgan fingerprint density at radius 1 is 1.56 bits per heavy atom. The lowest BCUT2D eigenvalue weighted by molar-refractivity contribution is -0.140. The van der Waals surface area contributed by atoms with Gasteiger partial charge < -0.3 is 9.80 Å². The van der Waals surface area contributed by atoms with Crippen molar-refractivity contribution in [2.24, 2.45) is 5.92 Å². The molecule has 5 heteroatoms. The van der Waals surface area contributed by atoms with E-state index < -0.39 is 5.92 Å². The molecule has 0 aliphatic carbocycles. The number of nitriles is 1. The topological polar surface area (TPSA) is 64.4 Å². The first-order valence-corrected chi connectivity index (χ1v) is 5.61. The lowest BCUT2D eigenvalue weighted by Gasteiger charge is -2.37. The second-order valence-corrected chi connectivity index (χ2v) is 4.41. The molecular weight excluding hydrogens is 206 g/mol. The molecule has 0 aromatic rings. The molecule has 2 heterocycles. The van der Waals surface area contributed by atoms with Crippen molar-refractivity contribution in [3.8, 4) is 6.07 Å². The summed E-state index contributed by atoms with van der Waals surface area (Å²) >= 11 is 0. The van der Waals surface area contributed by atoms with E-state index in [-0.39, 0.29) is 17.9 Å². The second kappa shape index (κ2) is 4.12. The summed E-state index contributed by atoms with van der Waals surface area (Å²) < 4.78 is 0. The van der Waals surface area contributed by atoms with E-state index in [1.807, 2.05) is 11.0 Å². The van der Waals surface area contributed by atoms with Gasteiger partial charge in [0.25, 0.3) is 0 Å². The minimum Gasteiger partial charge on any atom is -0.338 e. The maximum absolute atomic E-state index is 11.8. The van der Waals surface area contributed by atoms with E-state index in [0.29, 0.717) is 26.1 Å². The lowest BCUT2D eigenvalue weighted by atomic mass is 10.1. The predicted molar refractivity (Wildman–Crippen MR) is 56.1 cm³/mol. The fourth-order valence-electron chi connectivity index (χ4n) is 2.39. The number of rotatable bonds is 1. The van der Waals surface area contributed by atoms with E-state index in [4.69, 9.17) is 5.26 Å². The monoisotopic (exact) mass is 221 g/mol. The Hall–Kier alpha value is -1.57. The number of amides is 2. The molecule has 2 aliphatic rings. The Labute approximate surface area is 94.6 Å². The first-order chi connectivity index (χ1) is 7.63. The fourth-order valence-corrected chi connectivity index (χ4v) is 2.39. The first-order valence-electron chi connectivity index (χ1n) is 5.61. The maximum Gasteiger partial charge on any atom is 0.239 e. The van der Waals surface area contributed by atoms with Crippen LogP contribution in [0.3, 0.4) is 0 Å². The number of fused-ring (bicyclic) bond motifs is 1. The second-order valence-electron chi connectivity index (χ2n) is 4.41. The van der Waals surface area contributed by atoms with Gasteiger partial charge in [0, 0.05) is 32.1 Å². The van der Waals surface area contributed by atoms with Crippen LogP contribution < -0.4 is 0 Å². The van der Waals surface area contributed by atoms with Crippen LogP contribution in [0.5, 0.6) is 0 Å². The normalized spacial score (nSPS) is 26.2. The van der Waals surface area contributed by atoms with E-state index in [1.165, 1.54) is 0 Å². The molecule has 2 rings (SSSR count). The van der Waals surface area contributed by atoms with E-state index >= 15 is 0 Å². The zero-order chi connectivity index (χ0) is 11.7. The van der Waals surface area contributed by atoms with Gasteiger partial charge in [0.15, 0.2) is 0 Å². The minimum atomic E-state index is -0.580. The van der Waals surface area contributed by atoms with Gasteiger partial charge in [0.05, 0.1) is 6.07 Å². The van der Waals surface area contributed by atoms with Crippen LogP contribution >= 0.6 is 0 Å². The van der Waals surface area contributed by atoms with Crippen molar-refractivity contribution in [2.75, 3.05) is 19.6 Å². The van der Waals surface area contributed by atoms with Gasteiger partial charge in [-0.3, -0.25) is 9.59 Å². The number of hydrogen-bond acceptors (Lipinski definition) is 3. The van der Waals surface area contributed by atoms with Crippen LogP contribution in [0.1, 0.15) is 19.8 Å². The molecule has 0 aromatic carbocycles. The van der Waals surface area contributed by atoms with Gasteiger partial charge in [-0.25, -0.2) is 0 Å². The van der Waals surface area contributed by atoms with Crippen molar-refractivity contribution in [1.82, 2.24) is 9.80 Å². The van der Waals surface area contributed by atoms with E-state index in [1.54, 1.807) is 11.8 Å². The van der Waals surface area contributed by atoms with E-state index in [9.17, 15) is 9.59 Å². The van der Waals surface area contributed by atoms with Crippen molar-refractivity contribution in [1.29, 1.82) is 5.26 Å². The molecule has 2 saturated heterocycles.